The van der Waals surface area contributed by atoms with Crippen molar-refractivity contribution in [3.05, 3.63) is 60.0 Å². The van der Waals surface area contributed by atoms with E-state index in [-0.39, 0.29) is 49.1 Å². The zero-order chi connectivity index (χ0) is 24.1. The van der Waals surface area contributed by atoms with Crippen LogP contribution in [0.1, 0.15) is 42.9 Å². The van der Waals surface area contributed by atoms with Gasteiger partial charge in [0.2, 0.25) is 23.5 Å². The fourth-order valence-corrected chi connectivity index (χ4v) is 3.45. The minimum absolute atomic E-state index is 0.0347. The summed E-state index contributed by atoms with van der Waals surface area (Å²) in [7, 11) is 0. The van der Waals surface area contributed by atoms with Crippen molar-refractivity contribution >= 4 is 23.4 Å². The average molecular weight is 463 g/mol. The molecule has 1 unspecified atom stereocenters. The molecule has 0 spiro atoms. The highest BCUT2D eigenvalue weighted by Gasteiger charge is 2.27. The highest BCUT2D eigenvalue weighted by molar-refractivity contribution is 6.09. The molecule has 1 aromatic heterocycles. The van der Waals surface area contributed by atoms with Gasteiger partial charge in [-0.3, -0.25) is 14.4 Å². The first-order chi connectivity index (χ1) is 16.4. The average Bonchev–Trinajstić information content (AvgIpc) is 3.25. The standard InChI is InChI=1S/C24H25N5O5/c1-14(2)33-16-9-7-15(8-10-16)22-28-21(34-29-22)13-25-20(30)12-11-19-24(32)26-18-6-4-3-5-17(18)23(31)27-19/h3-10,14,19H,11-13H2,1-2H3,(H,25,30)(H,26,32)(H,27,31). The minimum atomic E-state index is -0.816. The Hall–Kier alpha value is -4.21. The van der Waals surface area contributed by atoms with Gasteiger partial charge in [-0.1, -0.05) is 17.3 Å². The smallest absolute Gasteiger partial charge is 0.254 e. The van der Waals surface area contributed by atoms with Crippen molar-refractivity contribution in [1.29, 1.82) is 0 Å². The monoisotopic (exact) mass is 463 g/mol. The predicted octanol–water partition coefficient (Wildman–Crippen LogP) is 2.67. The van der Waals surface area contributed by atoms with Crippen LogP contribution in [0.5, 0.6) is 5.75 Å². The highest BCUT2D eigenvalue weighted by Crippen LogP contribution is 2.21. The number of fused-ring (bicyclic) bond motifs is 1. The van der Waals surface area contributed by atoms with Crippen LogP contribution in [-0.2, 0) is 16.1 Å². The number of ether oxygens (including phenoxy) is 1. The molecular weight excluding hydrogens is 438 g/mol. The first-order valence-electron chi connectivity index (χ1n) is 11.0. The van der Waals surface area contributed by atoms with Gasteiger partial charge in [-0.15, -0.1) is 0 Å². The molecular formula is C24H25N5O5. The Morgan fingerprint density at radius 2 is 1.91 bits per heavy atom. The number of carbonyl (C=O) groups is 3. The number of carbonyl (C=O) groups excluding carboxylic acids is 3. The second-order valence-corrected chi connectivity index (χ2v) is 8.08. The third kappa shape index (κ3) is 5.58. The SMILES string of the molecule is CC(C)Oc1ccc(-c2noc(CNC(=O)CCC3NC(=O)c4ccccc4NC3=O)n2)cc1. The van der Waals surface area contributed by atoms with E-state index in [1.54, 1.807) is 24.3 Å². The molecule has 10 heteroatoms. The van der Waals surface area contributed by atoms with Gasteiger partial charge in [0.1, 0.15) is 11.8 Å². The van der Waals surface area contributed by atoms with E-state index in [9.17, 15) is 14.4 Å². The van der Waals surface area contributed by atoms with E-state index < -0.39 is 6.04 Å². The van der Waals surface area contributed by atoms with Crippen LogP contribution in [-0.4, -0.2) is 40.0 Å². The van der Waals surface area contributed by atoms with E-state index in [2.05, 4.69) is 26.1 Å². The molecule has 1 aliphatic heterocycles. The van der Waals surface area contributed by atoms with Crippen LogP contribution in [0.15, 0.2) is 53.1 Å². The molecule has 1 aliphatic rings. The summed E-state index contributed by atoms with van der Waals surface area (Å²) in [5, 5.41) is 12.0. The molecule has 1 atom stereocenters. The third-order valence-corrected chi connectivity index (χ3v) is 5.10. The zero-order valence-corrected chi connectivity index (χ0v) is 18.8. The lowest BCUT2D eigenvalue weighted by Gasteiger charge is -2.14. The molecule has 2 heterocycles. The maximum Gasteiger partial charge on any atom is 0.254 e. The van der Waals surface area contributed by atoms with E-state index in [0.29, 0.717) is 17.1 Å². The molecule has 10 nitrogen and oxygen atoms in total. The van der Waals surface area contributed by atoms with Crippen LogP contribution in [0, 0.1) is 0 Å². The van der Waals surface area contributed by atoms with Crippen molar-refractivity contribution in [1.82, 2.24) is 20.8 Å². The van der Waals surface area contributed by atoms with E-state index in [0.717, 1.165) is 11.3 Å². The fraction of sp³-hybridized carbons (Fsp3) is 0.292. The lowest BCUT2D eigenvalue weighted by Crippen LogP contribution is -2.42. The van der Waals surface area contributed by atoms with Crippen molar-refractivity contribution in [2.45, 2.75) is 45.4 Å². The molecule has 0 radical (unpaired) electrons. The van der Waals surface area contributed by atoms with Crippen LogP contribution < -0.4 is 20.7 Å². The third-order valence-electron chi connectivity index (χ3n) is 5.10. The van der Waals surface area contributed by atoms with Crippen molar-refractivity contribution in [3.8, 4) is 17.1 Å². The Balaban J connectivity index is 1.27. The van der Waals surface area contributed by atoms with Crippen LogP contribution >= 0.6 is 0 Å². The summed E-state index contributed by atoms with van der Waals surface area (Å²) in [4.78, 5) is 41.4. The van der Waals surface area contributed by atoms with Gasteiger partial charge in [0.25, 0.3) is 5.91 Å². The topological polar surface area (TPSA) is 135 Å². The number of aromatic nitrogens is 2. The molecule has 3 N–H and O–H groups in total. The maximum absolute atomic E-state index is 12.4. The van der Waals surface area contributed by atoms with E-state index in [1.165, 1.54) is 0 Å². The number of benzene rings is 2. The van der Waals surface area contributed by atoms with Gasteiger partial charge in [0.05, 0.1) is 23.9 Å². The normalized spacial score (nSPS) is 15.2. The summed E-state index contributed by atoms with van der Waals surface area (Å²) in [6, 6.07) is 13.2. The molecule has 0 saturated heterocycles. The maximum atomic E-state index is 12.4. The minimum Gasteiger partial charge on any atom is -0.491 e. The van der Waals surface area contributed by atoms with Gasteiger partial charge >= 0.3 is 0 Å². The van der Waals surface area contributed by atoms with Crippen LogP contribution in [0.25, 0.3) is 11.4 Å². The summed E-state index contributed by atoms with van der Waals surface area (Å²) in [5.74, 6) is 0.370. The Bertz CT molecular complexity index is 1190. The zero-order valence-electron chi connectivity index (χ0n) is 18.8. The Morgan fingerprint density at radius 1 is 1.15 bits per heavy atom. The van der Waals surface area contributed by atoms with Crippen molar-refractivity contribution < 1.29 is 23.6 Å². The first-order valence-corrected chi connectivity index (χ1v) is 11.0. The van der Waals surface area contributed by atoms with Crippen LogP contribution in [0.4, 0.5) is 5.69 Å². The molecule has 3 amide bonds. The number of hydrogen-bond acceptors (Lipinski definition) is 7. The number of anilines is 1. The van der Waals surface area contributed by atoms with E-state index in [4.69, 9.17) is 9.26 Å². The van der Waals surface area contributed by atoms with Crippen LogP contribution in [0.2, 0.25) is 0 Å². The van der Waals surface area contributed by atoms with Crippen molar-refractivity contribution in [3.63, 3.8) is 0 Å². The van der Waals surface area contributed by atoms with Gasteiger partial charge < -0.3 is 25.2 Å². The Morgan fingerprint density at radius 3 is 2.68 bits per heavy atom. The number of para-hydroxylation sites is 1. The quantitative estimate of drug-likeness (QED) is 0.467. The molecule has 0 bridgehead atoms. The first kappa shape index (κ1) is 23.0. The predicted molar refractivity (Wildman–Crippen MR) is 123 cm³/mol. The second-order valence-electron chi connectivity index (χ2n) is 8.08. The molecule has 0 aliphatic carbocycles. The lowest BCUT2D eigenvalue weighted by molar-refractivity contribution is -0.122. The fourth-order valence-electron chi connectivity index (χ4n) is 3.45. The number of hydrogen-bond donors (Lipinski definition) is 3. The van der Waals surface area contributed by atoms with Gasteiger partial charge in [-0.25, -0.2) is 0 Å². The number of nitrogens with zero attached hydrogens (tertiary/aromatic N) is 2. The molecule has 2 aromatic carbocycles. The van der Waals surface area contributed by atoms with Gasteiger partial charge in [-0.05, 0) is 56.7 Å². The molecule has 0 fully saturated rings. The summed E-state index contributed by atoms with van der Waals surface area (Å²) in [6.07, 6.45) is 0.264. The molecule has 4 rings (SSSR count). The lowest BCUT2D eigenvalue weighted by atomic mass is 10.1. The summed E-state index contributed by atoms with van der Waals surface area (Å²) < 4.78 is 10.8. The largest absolute Gasteiger partial charge is 0.491 e. The molecule has 176 valence electrons. The number of nitrogens with one attached hydrogen (secondary N) is 3. The van der Waals surface area contributed by atoms with Crippen molar-refractivity contribution in [2.24, 2.45) is 0 Å². The highest BCUT2D eigenvalue weighted by atomic mass is 16.5. The van der Waals surface area contributed by atoms with E-state index >= 15 is 0 Å². The van der Waals surface area contributed by atoms with Crippen LogP contribution in [0.3, 0.4) is 0 Å². The van der Waals surface area contributed by atoms with Gasteiger partial charge in [0.15, 0.2) is 0 Å². The Kier molecular flexibility index (Phi) is 6.86. The molecule has 0 saturated carbocycles. The summed E-state index contributed by atoms with van der Waals surface area (Å²) in [6.45, 7) is 3.96. The second kappa shape index (κ2) is 10.2. The van der Waals surface area contributed by atoms with Gasteiger partial charge in [0, 0.05) is 12.0 Å². The molecule has 3 aromatic rings. The number of rotatable bonds is 8. The van der Waals surface area contributed by atoms with Crippen molar-refractivity contribution in [2.75, 3.05) is 5.32 Å². The number of amides is 3. The van der Waals surface area contributed by atoms with Gasteiger partial charge in [-0.2, -0.15) is 4.98 Å². The Labute approximate surface area is 196 Å². The summed E-state index contributed by atoms with van der Waals surface area (Å²) in [5.41, 5.74) is 1.59. The molecule has 34 heavy (non-hydrogen) atoms. The van der Waals surface area contributed by atoms with E-state index in [1.807, 2.05) is 38.1 Å². The summed E-state index contributed by atoms with van der Waals surface area (Å²) >= 11 is 0.